The molecule has 3 rings (SSSR count). The highest BCUT2D eigenvalue weighted by atomic mass is 35.5. The van der Waals surface area contributed by atoms with Crippen LogP contribution in [0.15, 0.2) is 17.1 Å². The van der Waals surface area contributed by atoms with Crippen LogP contribution in [0.1, 0.15) is 23.2 Å². The van der Waals surface area contributed by atoms with Gasteiger partial charge in [-0.2, -0.15) is 0 Å². The Morgan fingerprint density at radius 3 is 2.65 bits per heavy atom. The lowest BCUT2D eigenvalue weighted by molar-refractivity contribution is 0.00312. The number of aromatic amines is 1. The van der Waals surface area contributed by atoms with Gasteiger partial charge in [-0.15, -0.1) is 0 Å². The number of H-pyrrole nitrogens is 1. The maximum Gasteiger partial charge on any atom is 0.410 e. The first-order valence-electron chi connectivity index (χ1n) is 8.60. The van der Waals surface area contributed by atoms with Crippen LogP contribution in [-0.4, -0.2) is 84.1 Å². The van der Waals surface area contributed by atoms with E-state index in [1.165, 1.54) is 12.3 Å². The molecule has 8 nitrogen and oxygen atoms in total. The number of amides is 2. The van der Waals surface area contributed by atoms with Crippen LogP contribution >= 0.6 is 11.6 Å². The molecule has 1 aromatic heterocycles. The summed E-state index contributed by atoms with van der Waals surface area (Å²) in [4.78, 5) is 44.0. The molecule has 2 saturated heterocycles. The Labute approximate surface area is 156 Å². The van der Waals surface area contributed by atoms with Gasteiger partial charge < -0.3 is 24.4 Å². The topological polar surface area (TPSA) is 85.9 Å². The number of ether oxygens (including phenoxy) is 1. The van der Waals surface area contributed by atoms with Gasteiger partial charge in [0.1, 0.15) is 10.6 Å². The highest BCUT2D eigenvalue weighted by Gasteiger charge is 2.47. The third-order valence-electron chi connectivity index (χ3n) is 4.92. The summed E-state index contributed by atoms with van der Waals surface area (Å²) in [5.41, 5.74) is -0.582. The summed E-state index contributed by atoms with van der Waals surface area (Å²) in [6.07, 6.45) is 2.29. The van der Waals surface area contributed by atoms with E-state index in [1.807, 2.05) is 19.0 Å². The summed E-state index contributed by atoms with van der Waals surface area (Å²) in [7, 11) is 3.93. The Balaban J connectivity index is 1.60. The van der Waals surface area contributed by atoms with Crippen molar-refractivity contribution in [3.05, 3.63) is 33.2 Å². The third-order valence-corrected chi connectivity index (χ3v) is 5.21. The Bertz CT molecular complexity index is 755. The third kappa shape index (κ3) is 3.86. The van der Waals surface area contributed by atoms with Crippen LogP contribution in [0.4, 0.5) is 4.79 Å². The number of hydrogen-bond acceptors (Lipinski definition) is 5. The van der Waals surface area contributed by atoms with Crippen LogP contribution < -0.4 is 5.56 Å². The lowest BCUT2D eigenvalue weighted by Gasteiger charge is -2.37. The van der Waals surface area contributed by atoms with Gasteiger partial charge in [-0.25, -0.2) is 4.79 Å². The van der Waals surface area contributed by atoms with Crippen molar-refractivity contribution in [1.82, 2.24) is 19.7 Å². The van der Waals surface area contributed by atoms with Crippen molar-refractivity contribution in [2.75, 3.05) is 46.8 Å². The highest BCUT2D eigenvalue weighted by molar-refractivity contribution is 6.30. The van der Waals surface area contributed by atoms with Crippen molar-refractivity contribution in [3.63, 3.8) is 0 Å². The van der Waals surface area contributed by atoms with Gasteiger partial charge in [0.2, 0.25) is 0 Å². The normalized spacial score (nSPS) is 19.3. The Morgan fingerprint density at radius 2 is 2.04 bits per heavy atom. The number of halogens is 1. The van der Waals surface area contributed by atoms with Crippen LogP contribution in [0, 0.1) is 0 Å². The number of pyridine rings is 1. The first-order valence-corrected chi connectivity index (χ1v) is 8.98. The summed E-state index contributed by atoms with van der Waals surface area (Å²) in [6.45, 7) is 2.95. The fourth-order valence-electron chi connectivity index (χ4n) is 3.33. The minimum atomic E-state index is -0.511. The molecule has 0 bridgehead atoms. The molecule has 1 spiro atoms. The minimum Gasteiger partial charge on any atom is -0.441 e. The Morgan fingerprint density at radius 1 is 1.35 bits per heavy atom. The maximum atomic E-state index is 12.6. The van der Waals surface area contributed by atoms with Crippen molar-refractivity contribution in [2.24, 2.45) is 0 Å². The second-order valence-electron chi connectivity index (χ2n) is 7.13. The van der Waals surface area contributed by atoms with E-state index in [1.54, 1.807) is 9.80 Å². The zero-order valence-corrected chi connectivity index (χ0v) is 15.7. The van der Waals surface area contributed by atoms with Crippen LogP contribution in [-0.2, 0) is 4.74 Å². The summed E-state index contributed by atoms with van der Waals surface area (Å²) < 4.78 is 5.67. The molecule has 142 valence electrons. The number of rotatable bonds is 4. The van der Waals surface area contributed by atoms with Crippen LogP contribution in [0.5, 0.6) is 0 Å². The fraction of sp³-hybridized carbons (Fsp3) is 0.588. The van der Waals surface area contributed by atoms with Gasteiger partial charge in [-0.3, -0.25) is 9.59 Å². The van der Waals surface area contributed by atoms with Crippen LogP contribution in [0.3, 0.4) is 0 Å². The molecule has 0 saturated carbocycles. The van der Waals surface area contributed by atoms with Gasteiger partial charge in [0, 0.05) is 45.2 Å². The van der Waals surface area contributed by atoms with Crippen molar-refractivity contribution >= 4 is 23.6 Å². The average molecular weight is 383 g/mol. The number of carbonyl (C=O) groups is 2. The van der Waals surface area contributed by atoms with E-state index in [4.69, 9.17) is 16.3 Å². The van der Waals surface area contributed by atoms with Crippen LogP contribution in [0.25, 0.3) is 0 Å². The van der Waals surface area contributed by atoms with Gasteiger partial charge in [0.25, 0.3) is 11.5 Å². The van der Waals surface area contributed by atoms with E-state index in [0.29, 0.717) is 44.6 Å². The largest absolute Gasteiger partial charge is 0.441 e. The predicted octanol–water partition coefficient (Wildman–Crippen LogP) is 1.02. The van der Waals surface area contributed by atoms with Gasteiger partial charge in [0.05, 0.1) is 12.1 Å². The number of nitrogens with one attached hydrogen (secondary N) is 1. The zero-order valence-electron chi connectivity index (χ0n) is 15.0. The molecule has 26 heavy (non-hydrogen) atoms. The van der Waals surface area contributed by atoms with Gasteiger partial charge in [-0.05, 0) is 20.2 Å². The monoisotopic (exact) mass is 382 g/mol. The molecular weight excluding hydrogens is 360 g/mol. The molecule has 0 atom stereocenters. The lowest BCUT2D eigenvalue weighted by Crippen LogP contribution is -2.49. The molecule has 2 aliphatic heterocycles. The Hall–Kier alpha value is -2.06. The smallest absolute Gasteiger partial charge is 0.410 e. The number of piperidine rings is 1. The minimum absolute atomic E-state index is 0.00872. The van der Waals surface area contributed by atoms with E-state index in [0.717, 1.165) is 6.54 Å². The molecule has 2 amide bonds. The fourth-order valence-corrected chi connectivity index (χ4v) is 3.50. The van der Waals surface area contributed by atoms with E-state index < -0.39 is 11.2 Å². The SMILES string of the molecule is CN(C)CCN1CC2(CCN(C(=O)c3c[nH]c(=O)c(Cl)c3)CC2)OC1=O. The molecule has 1 N–H and O–H groups in total. The average Bonchev–Trinajstić information content (AvgIpc) is 2.91. The van der Waals surface area contributed by atoms with E-state index in [2.05, 4.69) is 4.98 Å². The van der Waals surface area contributed by atoms with E-state index >= 15 is 0 Å². The zero-order chi connectivity index (χ0) is 18.9. The molecule has 0 aliphatic carbocycles. The number of aromatic nitrogens is 1. The second-order valence-corrected chi connectivity index (χ2v) is 7.54. The molecule has 0 radical (unpaired) electrons. The van der Waals surface area contributed by atoms with Crippen molar-refractivity contribution in [1.29, 1.82) is 0 Å². The van der Waals surface area contributed by atoms with Crippen LogP contribution in [0.2, 0.25) is 5.02 Å². The summed E-state index contributed by atoms with van der Waals surface area (Å²) >= 11 is 5.80. The van der Waals surface area contributed by atoms with Gasteiger partial charge in [0.15, 0.2) is 0 Å². The Kier molecular flexibility index (Phi) is 5.24. The van der Waals surface area contributed by atoms with E-state index in [-0.39, 0.29) is 17.0 Å². The molecule has 9 heteroatoms. The lowest BCUT2D eigenvalue weighted by atomic mass is 9.91. The first-order chi connectivity index (χ1) is 12.3. The molecule has 1 aromatic rings. The molecule has 3 heterocycles. The number of hydrogen-bond donors (Lipinski definition) is 1. The van der Waals surface area contributed by atoms with Crippen molar-refractivity contribution < 1.29 is 14.3 Å². The summed E-state index contributed by atoms with van der Waals surface area (Å²) in [5, 5.41) is -0.00872. The molecule has 0 unspecified atom stereocenters. The predicted molar refractivity (Wildman–Crippen MR) is 96.5 cm³/mol. The number of nitrogens with zero attached hydrogens (tertiary/aromatic N) is 3. The summed E-state index contributed by atoms with van der Waals surface area (Å²) in [5.74, 6) is -0.188. The first kappa shape index (κ1) is 18.7. The van der Waals surface area contributed by atoms with Crippen molar-refractivity contribution in [3.8, 4) is 0 Å². The number of carbonyl (C=O) groups excluding carboxylic acids is 2. The number of likely N-dealkylation sites (N-methyl/N-ethyl adjacent to an activating group) is 1. The number of likely N-dealkylation sites (tertiary alicyclic amines) is 1. The second kappa shape index (κ2) is 7.28. The molecule has 0 aromatic carbocycles. The van der Waals surface area contributed by atoms with E-state index in [9.17, 15) is 14.4 Å². The summed E-state index contributed by atoms with van der Waals surface area (Å²) in [6, 6.07) is 1.38. The van der Waals surface area contributed by atoms with Gasteiger partial charge in [-0.1, -0.05) is 11.6 Å². The quantitative estimate of drug-likeness (QED) is 0.840. The standard InChI is InChI=1S/C17H23ClN4O4/c1-20(2)7-8-22-11-17(26-16(22)25)3-5-21(6-4-17)15(24)12-9-13(18)14(23)19-10-12/h9-10H,3-8,11H2,1-2H3,(H,19,23). The van der Waals surface area contributed by atoms with Gasteiger partial charge >= 0.3 is 6.09 Å². The molecule has 2 aliphatic rings. The molecular formula is C17H23ClN4O4. The highest BCUT2D eigenvalue weighted by Crippen LogP contribution is 2.33. The maximum absolute atomic E-state index is 12.6. The van der Waals surface area contributed by atoms with Crippen molar-refractivity contribution in [2.45, 2.75) is 18.4 Å². The molecule has 2 fully saturated rings.